The van der Waals surface area contributed by atoms with Crippen LogP contribution in [0.1, 0.15) is 25.5 Å². The Morgan fingerprint density at radius 3 is 2.67 bits per heavy atom. The van der Waals surface area contributed by atoms with Crippen LogP contribution < -0.4 is 5.73 Å². The van der Waals surface area contributed by atoms with Gasteiger partial charge in [0.05, 0.1) is 11.2 Å². The van der Waals surface area contributed by atoms with Gasteiger partial charge >= 0.3 is 0 Å². The Bertz CT molecular complexity index is 306. The zero-order chi connectivity index (χ0) is 10.7. The average molecular weight is 205 g/mol. The summed E-state index contributed by atoms with van der Waals surface area (Å²) >= 11 is 0. The third-order valence-electron chi connectivity index (χ3n) is 3.42. The van der Waals surface area contributed by atoms with E-state index in [1.54, 1.807) is 0 Å². The Hall–Kier alpha value is -0.930. The third-order valence-corrected chi connectivity index (χ3v) is 3.42. The maximum Gasteiger partial charge on any atom is 0.0728 e. The lowest BCUT2D eigenvalue weighted by atomic mass is 9.95. The molecule has 0 radical (unpaired) electrons. The summed E-state index contributed by atoms with van der Waals surface area (Å²) < 4.78 is 0. The van der Waals surface area contributed by atoms with E-state index >= 15 is 0 Å². The lowest BCUT2D eigenvalue weighted by molar-refractivity contribution is 0.138. The van der Waals surface area contributed by atoms with Crippen LogP contribution in [0.5, 0.6) is 0 Å². The van der Waals surface area contributed by atoms with Crippen molar-refractivity contribution in [1.29, 1.82) is 0 Å². The summed E-state index contributed by atoms with van der Waals surface area (Å²) in [5.74, 6) is 0. The molecule has 1 aliphatic heterocycles. The summed E-state index contributed by atoms with van der Waals surface area (Å²) in [7, 11) is 0. The second-order valence-electron chi connectivity index (χ2n) is 4.39. The van der Waals surface area contributed by atoms with Gasteiger partial charge in [-0.25, -0.2) is 0 Å². The Labute approximate surface area is 91.3 Å². The van der Waals surface area contributed by atoms with Gasteiger partial charge in [-0.1, -0.05) is 6.07 Å². The molecule has 2 rings (SSSR count). The first-order chi connectivity index (χ1) is 7.27. The van der Waals surface area contributed by atoms with Gasteiger partial charge in [0.1, 0.15) is 0 Å². The molecule has 0 aliphatic carbocycles. The molecule has 1 aliphatic rings. The van der Waals surface area contributed by atoms with E-state index in [9.17, 15) is 0 Å². The van der Waals surface area contributed by atoms with Crippen molar-refractivity contribution in [1.82, 2.24) is 9.88 Å². The van der Waals surface area contributed by atoms with Crippen LogP contribution in [-0.2, 0) is 5.54 Å². The van der Waals surface area contributed by atoms with Gasteiger partial charge in [-0.05, 0) is 45.0 Å². The van der Waals surface area contributed by atoms with Gasteiger partial charge in [-0.2, -0.15) is 0 Å². The standard InChI is InChI=1S/C12H19N3/c1-12(10-13,15-8-4-5-9-15)11-6-2-3-7-14-11/h2-3,6-7H,4-5,8-10,13H2,1H3/t12-/m0/s1. The maximum absolute atomic E-state index is 5.94. The quantitative estimate of drug-likeness (QED) is 0.810. The van der Waals surface area contributed by atoms with Gasteiger partial charge in [0.15, 0.2) is 0 Å². The molecule has 1 atom stereocenters. The number of nitrogens with zero attached hydrogens (tertiary/aromatic N) is 2. The van der Waals surface area contributed by atoms with Crippen LogP contribution in [0.3, 0.4) is 0 Å². The van der Waals surface area contributed by atoms with Gasteiger partial charge in [0.2, 0.25) is 0 Å². The van der Waals surface area contributed by atoms with Crippen LogP contribution in [0.15, 0.2) is 24.4 Å². The zero-order valence-electron chi connectivity index (χ0n) is 9.32. The monoisotopic (exact) mass is 205 g/mol. The second-order valence-corrected chi connectivity index (χ2v) is 4.39. The van der Waals surface area contributed by atoms with Crippen LogP contribution in [0.25, 0.3) is 0 Å². The summed E-state index contributed by atoms with van der Waals surface area (Å²) in [6, 6.07) is 6.06. The lowest BCUT2D eigenvalue weighted by Gasteiger charge is -2.37. The van der Waals surface area contributed by atoms with Crippen LogP contribution >= 0.6 is 0 Å². The maximum atomic E-state index is 5.94. The van der Waals surface area contributed by atoms with E-state index in [2.05, 4.69) is 22.9 Å². The van der Waals surface area contributed by atoms with Crippen molar-refractivity contribution in [3.8, 4) is 0 Å². The molecule has 0 unspecified atom stereocenters. The predicted octanol–water partition coefficient (Wildman–Crippen LogP) is 1.35. The number of aromatic nitrogens is 1. The smallest absolute Gasteiger partial charge is 0.0728 e. The minimum atomic E-state index is -0.0856. The summed E-state index contributed by atoms with van der Waals surface area (Å²) in [6.45, 7) is 5.11. The highest BCUT2D eigenvalue weighted by Gasteiger charge is 2.34. The molecular weight excluding hydrogens is 186 g/mol. The molecule has 0 amide bonds. The zero-order valence-corrected chi connectivity index (χ0v) is 9.32. The van der Waals surface area contributed by atoms with Crippen molar-refractivity contribution in [3.63, 3.8) is 0 Å². The molecule has 3 heteroatoms. The second kappa shape index (κ2) is 4.29. The summed E-state index contributed by atoms with van der Waals surface area (Å²) in [4.78, 5) is 6.90. The SMILES string of the molecule is C[C@](CN)(c1ccccn1)N1CCCC1. The van der Waals surface area contributed by atoms with Crippen molar-refractivity contribution < 1.29 is 0 Å². The van der Waals surface area contributed by atoms with E-state index in [0.717, 1.165) is 18.8 Å². The highest BCUT2D eigenvalue weighted by Crippen LogP contribution is 2.28. The third kappa shape index (κ3) is 1.90. The Kier molecular flexibility index (Phi) is 3.03. The number of pyridine rings is 1. The van der Waals surface area contributed by atoms with Gasteiger partial charge in [-0.15, -0.1) is 0 Å². The Morgan fingerprint density at radius 1 is 1.40 bits per heavy atom. The van der Waals surface area contributed by atoms with Crippen molar-refractivity contribution in [2.45, 2.75) is 25.3 Å². The van der Waals surface area contributed by atoms with E-state index in [1.807, 2.05) is 18.3 Å². The number of hydrogen-bond acceptors (Lipinski definition) is 3. The molecule has 2 heterocycles. The molecule has 0 spiro atoms. The van der Waals surface area contributed by atoms with Crippen LogP contribution in [0.4, 0.5) is 0 Å². The molecule has 82 valence electrons. The van der Waals surface area contributed by atoms with E-state index in [0.29, 0.717) is 6.54 Å². The summed E-state index contributed by atoms with van der Waals surface area (Å²) in [5, 5.41) is 0. The molecule has 0 bridgehead atoms. The predicted molar refractivity (Wildman–Crippen MR) is 61.5 cm³/mol. The fourth-order valence-electron chi connectivity index (χ4n) is 2.29. The van der Waals surface area contributed by atoms with Crippen LogP contribution in [-0.4, -0.2) is 29.5 Å². The average Bonchev–Trinajstić information content (AvgIpc) is 2.83. The highest BCUT2D eigenvalue weighted by molar-refractivity contribution is 5.16. The molecule has 0 aromatic carbocycles. The van der Waals surface area contributed by atoms with E-state index in [-0.39, 0.29) is 5.54 Å². The fourth-order valence-corrected chi connectivity index (χ4v) is 2.29. The Morgan fingerprint density at radius 2 is 2.13 bits per heavy atom. The number of hydrogen-bond donors (Lipinski definition) is 1. The van der Waals surface area contributed by atoms with Crippen LogP contribution in [0, 0.1) is 0 Å². The summed E-state index contributed by atoms with van der Waals surface area (Å²) in [5.41, 5.74) is 6.94. The minimum Gasteiger partial charge on any atom is -0.328 e. The molecule has 0 saturated carbocycles. The largest absolute Gasteiger partial charge is 0.328 e. The minimum absolute atomic E-state index is 0.0856. The molecule has 1 aromatic rings. The van der Waals surface area contributed by atoms with Gasteiger partial charge < -0.3 is 5.73 Å². The van der Waals surface area contributed by atoms with Crippen molar-refractivity contribution in [2.24, 2.45) is 5.73 Å². The van der Waals surface area contributed by atoms with Gasteiger partial charge in [0.25, 0.3) is 0 Å². The molecule has 1 aromatic heterocycles. The van der Waals surface area contributed by atoms with Crippen molar-refractivity contribution in [2.75, 3.05) is 19.6 Å². The molecule has 2 N–H and O–H groups in total. The lowest BCUT2D eigenvalue weighted by Crippen LogP contribution is -2.48. The number of nitrogens with two attached hydrogens (primary N) is 1. The van der Waals surface area contributed by atoms with E-state index < -0.39 is 0 Å². The topological polar surface area (TPSA) is 42.1 Å². The first-order valence-corrected chi connectivity index (χ1v) is 5.64. The van der Waals surface area contributed by atoms with E-state index in [1.165, 1.54) is 12.8 Å². The van der Waals surface area contributed by atoms with Crippen molar-refractivity contribution >= 4 is 0 Å². The molecular formula is C12H19N3. The van der Waals surface area contributed by atoms with Gasteiger partial charge in [-0.3, -0.25) is 9.88 Å². The molecule has 1 saturated heterocycles. The van der Waals surface area contributed by atoms with E-state index in [4.69, 9.17) is 5.73 Å². The first kappa shape index (κ1) is 10.6. The molecule has 3 nitrogen and oxygen atoms in total. The molecule has 15 heavy (non-hydrogen) atoms. The van der Waals surface area contributed by atoms with Gasteiger partial charge in [0, 0.05) is 12.7 Å². The Balaban J connectivity index is 2.28. The highest BCUT2D eigenvalue weighted by atomic mass is 15.2. The van der Waals surface area contributed by atoms with Crippen LogP contribution in [0.2, 0.25) is 0 Å². The molecule has 1 fully saturated rings. The summed E-state index contributed by atoms with van der Waals surface area (Å²) in [6.07, 6.45) is 4.41. The number of likely N-dealkylation sites (tertiary alicyclic amines) is 1. The fraction of sp³-hybridized carbons (Fsp3) is 0.583. The van der Waals surface area contributed by atoms with Crippen molar-refractivity contribution in [3.05, 3.63) is 30.1 Å². The number of rotatable bonds is 3. The first-order valence-electron chi connectivity index (χ1n) is 5.64. The normalized spacial score (nSPS) is 21.5.